The van der Waals surface area contributed by atoms with Gasteiger partial charge in [-0.3, -0.25) is 0 Å². The molecule has 0 fully saturated rings. The van der Waals surface area contributed by atoms with E-state index in [2.05, 4.69) is 22.6 Å². The van der Waals surface area contributed by atoms with Gasteiger partial charge in [-0.2, -0.15) is 0 Å². The molecule has 1 aromatic carbocycles. The van der Waals surface area contributed by atoms with Crippen molar-refractivity contribution >= 4 is 34.1 Å². The maximum absolute atomic E-state index is 11.8. The number of fused-ring (bicyclic) bond motifs is 1. The summed E-state index contributed by atoms with van der Waals surface area (Å²) in [6.45, 7) is 2.07. The first kappa shape index (κ1) is 12.4. The Morgan fingerprint density at radius 2 is 2.24 bits per heavy atom. The van der Waals surface area contributed by atoms with Crippen LogP contribution >= 0.6 is 22.6 Å². The fraction of sp³-hybridized carbons (Fsp3) is 0.308. The summed E-state index contributed by atoms with van der Waals surface area (Å²) in [5, 5.41) is 9.88. The monoisotopic (exact) mass is 344 g/mol. The van der Waals surface area contributed by atoms with Gasteiger partial charge in [0.05, 0.1) is 6.61 Å². The van der Waals surface area contributed by atoms with Gasteiger partial charge in [0.1, 0.15) is 11.3 Å². The second kappa shape index (κ2) is 5.08. The third-order valence-corrected chi connectivity index (χ3v) is 3.41. The van der Waals surface area contributed by atoms with Crippen LogP contribution in [0.1, 0.15) is 24.5 Å². The highest BCUT2D eigenvalue weighted by Crippen LogP contribution is 2.32. The summed E-state index contributed by atoms with van der Waals surface area (Å²) in [5.41, 5.74) is 2.22. The molecule has 2 rings (SSSR count). The van der Waals surface area contributed by atoms with Crippen LogP contribution in [0.4, 0.5) is 0 Å². The molecule has 0 heterocycles. The zero-order valence-electron chi connectivity index (χ0n) is 9.50. The van der Waals surface area contributed by atoms with E-state index in [0.29, 0.717) is 18.6 Å². The number of carbonyl (C=O) groups is 1. The third-order valence-electron chi connectivity index (χ3n) is 2.74. The number of benzene rings is 1. The first-order chi connectivity index (χ1) is 8.13. The molecule has 0 saturated carbocycles. The lowest BCUT2D eigenvalue weighted by atomic mass is 9.89. The Morgan fingerprint density at radius 1 is 1.47 bits per heavy atom. The summed E-state index contributed by atoms with van der Waals surface area (Å²) in [6.07, 6.45) is 1.27. The molecule has 3 nitrogen and oxygen atoms in total. The molecule has 90 valence electrons. The molecular weight excluding hydrogens is 331 g/mol. The predicted octanol–water partition coefficient (Wildman–Crippen LogP) is 3.07. The van der Waals surface area contributed by atoms with Crippen LogP contribution in [-0.2, 0) is 16.0 Å². The van der Waals surface area contributed by atoms with Crippen LogP contribution in [0.5, 0.6) is 0 Å². The van der Waals surface area contributed by atoms with Crippen molar-refractivity contribution in [3.63, 3.8) is 0 Å². The Kier molecular flexibility index (Phi) is 3.71. The molecule has 0 unspecified atom stereocenters. The van der Waals surface area contributed by atoms with Crippen LogP contribution in [0, 0.1) is 3.57 Å². The van der Waals surface area contributed by atoms with Crippen molar-refractivity contribution in [3.8, 4) is 0 Å². The summed E-state index contributed by atoms with van der Waals surface area (Å²) >= 11 is 2.19. The van der Waals surface area contributed by atoms with Gasteiger partial charge >= 0.3 is 5.97 Å². The number of aliphatic hydroxyl groups is 1. The van der Waals surface area contributed by atoms with E-state index in [-0.39, 0.29) is 5.76 Å². The minimum absolute atomic E-state index is 0.137. The van der Waals surface area contributed by atoms with Gasteiger partial charge in [0.15, 0.2) is 0 Å². The van der Waals surface area contributed by atoms with Gasteiger partial charge in [-0.15, -0.1) is 0 Å². The highest BCUT2D eigenvalue weighted by atomic mass is 127. The average Bonchev–Trinajstić information content (AvgIpc) is 2.28. The average molecular weight is 344 g/mol. The first-order valence-corrected chi connectivity index (χ1v) is 6.59. The second-order valence-corrected chi connectivity index (χ2v) is 5.09. The molecule has 1 aromatic rings. The van der Waals surface area contributed by atoms with Crippen molar-refractivity contribution in [1.82, 2.24) is 0 Å². The molecule has 0 spiro atoms. The predicted molar refractivity (Wildman–Crippen MR) is 73.7 cm³/mol. The molecule has 1 aliphatic rings. The number of aryl methyl sites for hydroxylation is 1. The quantitative estimate of drug-likeness (QED) is 0.663. The molecule has 0 bridgehead atoms. The van der Waals surface area contributed by atoms with Crippen LogP contribution in [0.15, 0.2) is 24.0 Å². The topological polar surface area (TPSA) is 46.5 Å². The van der Waals surface area contributed by atoms with Crippen LogP contribution in [0.2, 0.25) is 0 Å². The molecule has 0 atom stereocenters. The van der Waals surface area contributed by atoms with E-state index in [0.717, 1.165) is 21.1 Å². The number of halogens is 1. The number of ether oxygens (including phenoxy) is 1. The number of carbonyl (C=O) groups excluding carboxylic acids is 1. The van der Waals surface area contributed by atoms with Crippen LogP contribution < -0.4 is 0 Å². The van der Waals surface area contributed by atoms with Crippen molar-refractivity contribution in [2.24, 2.45) is 0 Å². The zero-order valence-corrected chi connectivity index (χ0v) is 11.7. The molecule has 0 radical (unpaired) electrons. The fourth-order valence-corrected chi connectivity index (χ4v) is 2.46. The molecule has 1 N–H and O–H groups in total. The van der Waals surface area contributed by atoms with Crippen molar-refractivity contribution in [2.45, 2.75) is 19.8 Å². The number of hydrogen-bond donors (Lipinski definition) is 1. The summed E-state index contributed by atoms with van der Waals surface area (Å²) in [4.78, 5) is 11.8. The Labute approximate surface area is 114 Å². The molecule has 0 aromatic heterocycles. The van der Waals surface area contributed by atoms with E-state index in [9.17, 15) is 9.90 Å². The summed E-state index contributed by atoms with van der Waals surface area (Å²) in [6, 6.07) is 5.92. The van der Waals surface area contributed by atoms with E-state index in [1.54, 1.807) is 6.92 Å². The molecule has 1 aliphatic carbocycles. The van der Waals surface area contributed by atoms with Gasteiger partial charge in [-0.1, -0.05) is 6.07 Å². The van der Waals surface area contributed by atoms with Gasteiger partial charge in [0.2, 0.25) is 0 Å². The molecular formula is C13H13IO3. The third kappa shape index (κ3) is 2.46. The number of esters is 1. The van der Waals surface area contributed by atoms with E-state index in [4.69, 9.17) is 4.74 Å². The second-order valence-electron chi connectivity index (χ2n) is 3.84. The van der Waals surface area contributed by atoms with Crippen LogP contribution in [0.25, 0.3) is 5.57 Å². The molecule has 17 heavy (non-hydrogen) atoms. The zero-order chi connectivity index (χ0) is 12.4. The lowest BCUT2D eigenvalue weighted by Gasteiger charge is -2.19. The number of allylic oxidation sites excluding steroid dienone is 1. The maximum Gasteiger partial charge on any atom is 0.342 e. The first-order valence-electron chi connectivity index (χ1n) is 5.51. The normalized spacial score (nSPS) is 14.5. The number of rotatable bonds is 2. The van der Waals surface area contributed by atoms with Gasteiger partial charge in [-0.25, -0.2) is 4.79 Å². The highest BCUT2D eigenvalue weighted by molar-refractivity contribution is 14.1. The Balaban J connectivity index is 2.50. The number of aliphatic hydroxyl groups excluding tert-OH is 1. The minimum atomic E-state index is -0.437. The molecule has 0 saturated heterocycles. The van der Waals surface area contributed by atoms with Crippen LogP contribution in [-0.4, -0.2) is 17.7 Å². The van der Waals surface area contributed by atoms with Crippen LogP contribution in [0.3, 0.4) is 0 Å². The van der Waals surface area contributed by atoms with Gasteiger partial charge < -0.3 is 9.84 Å². The van der Waals surface area contributed by atoms with E-state index < -0.39 is 5.97 Å². The molecule has 0 aliphatic heterocycles. The summed E-state index contributed by atoms with van der Waals surface area (Å²) in [5.74, 6) is -0.300. The summed E-state index contributed by atoms with van der Waals surface area (Å²) < 4.78 is 6.03. The van der Waals surface area contributed by atoms with Gasteiger partial charge in [0, 0.05) is 9.99 Å². The molecule has 4 heteroatoms. The lowest BCUT2D eigenvalue weighted by Crippen LogP contribution is -2.15. The van der Waals surface area contributed by atoms with Crippen molar-refractivity contribution in [1.29, 1.82) is 0 Å². The SMILES string of the molecule is CCOC(=O)C1=C(O)CCc2ccc(I)cc21. The van der Waals surface area contributed by atoms with Crippen molar-refractivity contribution in [3.05, 3.63) is 38.7 Å². The Morgan fingerprint density at radius 3 is 2.94 bits per heavy atom. The Bertz CT molecular complexity index is 491. The van der Waals surface area contributed by atoms with Crippen molar-refractivity contribution < 1.29 is 14.6 Å². The van der Waals surface area contributed by atoms with E-state index in [1.807, 2.05) is 18.2 Å². The smallest absolute Gasteiger partial charge is 0.342 e. The van der Waals surface area contributed by atoms with E-state index >= 15 is 0 Å². The van der Waals surface area contributed by atoms with E-state index in [1.165, 1.54) is 0 Å². The van der Waals surface area contributed by atoms with Crippen molar-refractivity contribution in [2.75, 3.05) is 6.61 Å². The lowest BCUT2D eigenvalue weighted by molar-refractivity contribution is -0.136. The fourth-order valence-electron chi connectivity index (χ4n) is 1.96. The Hall–Kier alpha value is -1.04. The largest absolute Gasteiger partial charge is 0.511 e. The summed E-state index contributed by atoms with van der Waals surface area (Å²) in [7, 11) is 0. The standard InChI is InChI=1S/C13H13IO3/c1-2-17-13(16)12-10-7-9(14)5-3-8(10)4-6-11(12)15/h3,5,7,15H,2,4,6H2,1H3. The number of hydrogen-bond acceptors (Lipinski definition) is 3. The van der Waals surface area contributed by atoms with Gasteiger partial charge in [-0.05, 0) is 59.2 Å². The maximum atomic E-state index is 11.8. The highest BCUT2D eigenvalue weighted by Gasteiger charge is 2.25. The minimum Gasteiger partial charge on any atom is -0.511 e. The molecule has 0 amide bonds. The van der Waals surface area contributed by atoms with Gasteiger partial charge in [0.25, 0.3) is 0 Å².